The second kappa shape index (κ2) is 7.07. The molecule has 1 atom stereocenters. The van der Waals surface area contributed by atoms with Crippen molar-refractivity contribution in [2.75, 3.05) is 23.7 Å². The Kier molecular flexibility index (Phi) is 4.61. The van der Waals surface area contributed by atoms with E-state index in [0.29, 0.717) is 23.3 Å². The molecule has 1 aliphatic rings. The Morgan fingerprint density at radius 2 is 1.93 bits per heavy atom. The number of rotatable bonds is 4. The lowest BCUT2D eigenvalue weighted by molar-refractivity contribution is -0.137. The first-order valence-corrected chi connectivity index (χ1v) is 8.76. The van der Waals surface area contributed by atoms with Gasteiger partial charge in [0.25, 0.3) is 0 Å². The van der Waals surface area contributed by atoms with Crippen LogP contribution >= 0.6 is 0 Å². The normalized spacial score (nSPS) is 17.8. The largest absolute Gasteiger partial charge is 0.416 e. The van der Waals surface area contributed by atoms with Gasteiger partial charge in [0.15, 0.2) is 5.65 Å². The van der Waals surface area contributed by atoms with E-state index >= 15 is 0 Å². The molecular formula is C18H19F3N6. The van der Waals surface area contributed by atoms with Crippen molar-refractivity contribution < 1.29 is 13.2 Å². The summed E-state index contributed by atoms with van der Waals surface area (Å²) in [5, 5.41) is 14.2. The molecule has 1 unspecified atom stereocenters. The van der Waals surface area contributed by atoms with E-state index in [-0.39, 0.29) is 0 Å². The lowest BCUT2D eigenvalue weighted by atomic mass is 10.1. The van der Waals surface area contributed by atoms with Crippen LogP contribution in [0.2, 0.25) is 0 Å². The predicted molar refractivity (Wildman–Crippen MR) is 97.2 cm³/mol. The van der Waals surface area contributed by atoms with Crippen LogP contribution in [0.1, 0.15) is 18.4 Å². The van der Waals surface area contributed by atoms with Crippen molar-refractivity contribution in [3.63, 3.8) is 0 Å². The molecule has 0 saturated carbocycles. The molecule has 1 aromatic carbocycles. The van der Waals surface area contributed by atoms with Gasteiger partial charge in [0.1, 0.15) is 5.82 Å². The van der Waals surface area contributed by atoms with Crippen LogP contribution in [0.25, 0.3) is 5.65 Å². The molecule has 0 radical (unpaired) electrons. The number of nitrogens with zero attached hydrogens (tertiary/aromatic N) is 3. The Bertz CT molecular complexity index is 913. The van der Waals surface area contributed by atoms with Crippen LogP contribution in [0.4, 0.5) is 30.6 Å². The van der Waals surface area contributed by atoms with Crippen LogP contribution in [-0.2, 0) is 6.18 Å². The van der Waals surface area contributed by atoms with Gasteiger partial charge in [-0.15, -0.1) is 5.10 Å². The highest BCUT2D eigenvalue weighted by atomic mass is 19.4. The van der Waals surface area contributed by atoms with Crippen LogP contribution in [0.5, 0.6) is 0 Å². The summed E-state index contributed by atoms with van der Waals surface area (Å²) < 4.78 is 39.7. The number of pyridine rings is 1. The zero-order chi connectivity index (χ0) is 18.9. The number of fused-ring (bicyclic) bond motifs is 1. The molecule has 0 amide bonds. The number of benzene rings is 1. The minimum Gasteiger partial charge on any atom is -0.366 e. The molecule has 1 aliphatic heterocycles. The molecule has 3 N–H and O–H groups in total. The molecule has 142 valence electrons. The second-order valence-electron chi connectivity index (χ2n) is 6.50. The lowest BCUT2D eigenvalue weighted by Crippen LogP contribution is -2.38. The van der Waals surface area contributed by atoms with Crippen molar-refractivity contribution in [2.24, 2.45) is 0 Å². The van der Waals surface area contributed by atoms with E-state index in [1.54, 1.807) is 4.52 Å². The Balaban J connectivity index is 1.53. The maximum atomic E-state index is 12.7. The number of anilines is 3. The van der Waals surface area contributed by atoms with Gasteiger partial charge < -0.3 is 16.0 Å². The van der Waals surface area contributed by atoms with Gasteiger partial charge in [-0.3, -0.25) is 0 Å². The summed E-state index contributed by atoms with van der Waals surface area (Å²) in [5.74, 6) is 1.15. The number of hydrogen-bond acceptors (Lipinski definition) is 5. The molecule has 27 heavy (non-hydrogen) atoms. The van der Waals surface area contributed by atoms with E-state index in [4.69, 9.17) is 0 Å². The number of hydrogen-bond donors (Lipinski definition) is 3. The highest BCUT2D eigenvalue weighted by Crippen LogP contribution is 2.30. The summed E-state index contributed by atoms with van der Waals surface area (Å²) in [6.45, 7) is 1.93. The first kappa shape index (κ1) is 17.6. The molecule has 0 aliphatic carbocycles. The molecular weight excluding hydrogens is 357 g/mol. The highest BCUT2D eigenvalue weighted by molar-refractivity contribution is 5.58. The SMILES string of the molecule is FC(F)(F)c1ccc(Nc2nc3cccc(NC4CCCNC4)n3n2)cc1. The van der Waals surface area contributed by atoms with Crippen molar-refractivity contribution in [3.8, 4) is 0 Å². The number of halogens is 3. The third kappa shape index (κ3) is 3.97. The van der Waals surface area contributed by atoms with Gasteiger partial charge in [0.05, 0.1) is 5.56 Å². The molecule has 1 saturated heterocycles. The topological polar surface area (TPSA) is 66.3 Å². The molecule has 0 bridgehead atoms. The van der Waals surface area contributed by atoms with Crippen LogP contribution in [0.15, 0.2) is 42.5 Å². The average molecular weight is 376 g/mol. The zero-order valence-corrected chi connectivity index (χ0v) is 14.4. The second-order valence-corrected chi connectivity index (χ2v) is 6.50. The molecule has 3 heterocycles. The molecule has 0 spiro atoms. The third-order valence-electron chi connectivity index (χ3n) is 4.48. The van der Waals surface area contributed by atoms with E-state index in [0.717, 1.165) is 43.9 Å². The first-order chi connectivity index (χ1) is 13.0. The number of piperidine rings is 1. The summed E-state index contributed by atoms with van der Waals surface area (Å²) in [4.78, 5) is 4.40. The fourth-order valence-electron chi connectivity index (χ4n) is 3.12. The third-order valence-corrected chi connectivity index (χ3v) is 4.48. The van der Waals surface area contributed by atoms with Gasteiger partial charge in [-0.1, -0.05) is 6.07 Å². The summed E-state index contributed by atoms with van der Waals surface area (Å²) >= 11 is 0. The van der Waals surface area contributed by atoms with E-state index in [2.05, 4.69) is 26.0 Å². The quantitative estimate of drug-likeness (QED) is 0.649. The molecule has 9 heteroatoms. The first-order valence-electron chi connectivity index (χ1n) is 8.76. The van der Waals surface area contributed by atoms with Crippen LogP contribution in [0, 0.1) is 0 Å². The van der Waals surface area contributed by atoms with Crippen molar-refractivity contribution in [1.82, 2.24) is 19.9 Å². The Labute approximate surface area is 153 Å². The molecule has 6 nitrogen and oxygen atoms in total. The summed E-state index contributed by atoms with van der Waals surface area (Å²) in [7, 11) is 0. The van der Waals surface area contributed by atoms with Gasteiger partial charge in [-0.2, -0.15) is 22.7 Å². The van der Waals surface area contributed by atoms with Crippen molar-refractivity contribution >= 4 is 23.1 Å². The predicted octanol–water partition coefficient (Wildman–Crippen LogP) is 3.66. The lowest BCUT2D eigenvalue weighted by Gasteiger charge is -2.24. The maximum absolute atomic E-state index is 12.7. The smallest absolute Gasteiger partial charge is 0.366 e. The molecule has 1 fully saturated rings. The minimum absolute atomic E-state index is 0.319. The van der Waals surface area contributed by atoms with Crippen molar-refractivity contribution in [2.45, 2.75) is 25.1 Å². The fourth-order valence-corrected chi connectivity index (χ4v) is 3.12. The van der Waals surface area contributed by atoms with Gasteiger partial charge in [0, 0.05) is 18.3 Å². The van der Waals surface area contributed by atoms with E-state index in [9.17, 15) is 13.2 Å². The van der Waals surface area contributed by atoms with Gasteiger partial charge in [0.2, 0.25) is 5.95 Å². The van der Waals surface area contributed by atoms with Crippen LogP contribution in [0.3, 0.4) is 0 Å². The van der Waals surface area contributed by atoms with Gasteiger partial charge >= 0.3 is 6.18 Å². The number of nitrogens with one attached hydrogen (secondary N) is 3. The fraction of sp³-hybridized carbons (Fsp3) is 0.333. The Hall–Kier alpha value is -2.81. The van der Waals surface area contributed by atoms with Gasteiger partial charge in [-0.05, 0) is 55.8 Å². The molecule has 3 aromatic rings. The standard InChI is InChI=1S/C18H19F3N6/c19-18(20,21)12-6-8-13(9-7-12)24-17-25-16-5-1-4-15(27(16)26-17)23-14-3-2-10-22-11-14/h1,4-9,14,22-23H,2-3,10-11H2,(H,24,26). The Morgan fingerprint density at radius 3 is 2.63 bits per heavy atom. The number of aromatic nitrogens is 3. The van der Waals surface area contributed by atoms with Gasteiger partial charge in [-0.25, -0.2) is 0 Å². The number of alkyl halides is 3. The van der Waals surface area contributed by atoms with E-state index in [1.165, 1.54) is 12.1 Å². The Morgan fingerprint density at radius 1 is 1.11 bits per heavy atom. The maximum Gasteiger partial charge on any atom is 0.416 e. The monoisotopic (exact) mass is 376 g/mol. The minimum atomic E-state index is -4.35. The molecule has 4 rings (SSSR count). The van der Waals surface area contributed by atoms with Crippen molar-refractivity contribution in [1.29, 1.82) is 0 Å². The van der Waals surface area contributed by atoms with Crippen LogP contribution in [-0.4, -0.2) is 33.7 Å². The van der Waals surface area contributed by atoms with Crippen molar-refractivity contribution in [3.05, 3.63) is 48.0 Å². The van der Waals surface area contributed by atoms with E-state index in [1.807, 2.05) is 18.2 Å². The molecule has 2 aromatic heterocycles. The van der Waals surface area contributed by atoms with E-state index < -0.39 is 11.7 Å². The average Bonchev–Trinajstić information content (AvgIpc) is 3.06. The summed E-state index contributed by atoms with van der Waals surface area (Å²) in [6, 6.07) is 10.8. The van der Waals surface area contributed by atoms with Crippen LogP contribution < -0.4 is 16.0 Å². The summed E-state index contributed by atoms with van der Waals surface area (Å²) in [6.07, 6.45) is -2.16. The highest BCUT2D eigenvalue weighted by Gasteiger charge is 2.30. The summed E-state index contributed by atoms with van der Waals surface area (Å²) in [5.41, 5.74) is 0.451. The zero-order valence-electron chi connectivity index (χ0n) is 14.4.